The fourth-order valence-corrected chi connectivity index (χ4v) is 1.77. The van der Waals surface area contributed by atoms with Gasteiger partial charge in [-0.3, -0.25) is 0 Å². The van der Waals surface area contributed by atoms with Gasteiger partial charge in [-0.05, 0) is 31.4 Å². The Morgan fingerprint density at radius 3 is 2.69 bits per heavy atom. The lowest BCUT2D eigenvalue weighted by Gasteiger charge is -2.25. The van der Waals surface area contributed by atoms with Crippen molar-refractivity contribution in [2.24, 2.45) is 0 Å². The number of likely N-dealkylation sites (tertiary alicyclic amines) is 1. The summed E-state index contributed by atoms with van der Waals surface area (Å²) in [5.74, 6) is -0.139. The van der Waals surface area contributed by atoms with Crippen molar-refractivity contribution >= 4 is 6.09 Å². The Morgan fingerprint density at radius 2 is 2.00 bits per heavy atom. The Hall–Kier alpha value is -1.58. The maximum Gasteiger partial charge on any atom is 0.415 e. The van der Waals surface area contributed by atoms with E-state index in [9.17, 15) is 9.18 Å². The lowest BCUT2D eigenvalue weighted by molar-refractivity contribution is 0.142. The molecular formula is C12H14FNO2. The van der Waals surface area contributed by atoms with Crippen LogP contribution in [0, 0.1) is 5.82 Å². The number of piperidine rings is 1. The van der Waals surface area contributed by atoms with Crippen molar-refractivity contribution < 1.29 is 13.9 Å². The van der Waals surface area contributed by atoms with Crippen LogP contribution in [0.2, 0.25) is 0 Å². The summed E-state index contributed by atoms with van der Waals surface area (Å²) in [5.41, 5.74) is 0. The maximum absolute atomic E-state index is 12.9. The molecule has 0 atom stereocenters. The zero-order chi connectivity index (χ0) is 11.4. The van der Waals surface area contributed by atoms with Crippen molar-refractivity contribution in [2.75, 3.05) is 13.1 Å². The summed E-state index contributed by atoms with van der Waals surface area (Å²) >= 11 is 0. The van der Waals surface area contributed by atoms with E-state index in [1.54, 1.807) is 11.0 Å². The minimum atomic E-state index is -0.399. The highest BCUT2D eigenvalue weighted by molar-refractivity contribution is 5.70. The number of nitrogens with zero attached hydrogens (tertiary/aromatic N) is 1. The molecule has 0 radical (unpaired) electrons. The van der Waals surface area contributed by atoms with Gasteiger partial charge in [-0.15, -0.1) is 0 Å². The highest BCUT2D eigenvalue weighted by atomic mass is 19.1. The van der Waals surface area contributed by atoms with Crippen LogP contribution >= 0.6 is 0 Å². The summed E-state index contributed by atoms with van der Waals surface area (Å²) in [4.78, 5) is 13.3. The molecule has 1 aliphatic heterocycles. The molecule has 1 saturated heterocycles. The highest BCUT2D eigenvalue weighted by Gasteiger charge is 2.18. The average Bonchev–Trinajstić information content (AvgIpc) is 2.30. The van der Waals surface area contributed by atoms with E-state index in [1.165, 1.54) is 18.2 Å². The van der Waals surface area contributed by atoms with E-state index in [0.29, 0.717) is 0 Å². The van der Waals surface area contributed by atoms with Crippen molar-refractivity contribution in [1.29, 1.82) is 0 Å². The van der Waals surface area contributed by atoms with Crippen LogP contribution in [0.4, 0.5) is 9.18 Å². The number of carbonyl (C=O) groups is 1. The monoisotopic (exact) mass is 223 g/mol. The molecule has 1 aromatic carbocycles. The summed E-state index contributed by atoms with van der Waals surface area (Å²) in [7, 11) is 0. The first-order valence-electron chi connectivity index (χ1n) is 5.48. The van der Waals surface area contributed by atoms with Crippen LogP contribution in [0.5, 0.6) is 5.75 Å². The Balaban J connectivity index is 1.96. The van der Waals surface area contributed by atoms with Gasteiger partial charge in [-0.25, -0.2) is 9.18 Å². The quantitative estimate of drug-likeness (QED) is 0.732. The SMILES string of the molecule is O=C(Oc1cccc(F)c1)N1CCCCC1. The zero-order valence-corrected chi connectivity index (χ0v) is 8.99. The van der Waals surface area contributed by atoms with Gasteiger partial charge in [0.1, 0.15) is 11.6 Å². The third-order valence-electron chi connectivity index (χ3n) is 2.62. The van der Waals surface area contributed by atoms with Crippen LogP contribution < -0.4 is 4.74 Å². The predicted octanol–water partition coefficient (Wildman–Crippen LogP) is 2.81. The minimum absolute atomic E-state index is 0.260. The molecular weight excluding hydrogens is 209 g/mol. The van der Waals surface area contributed by atoms with Crippen molar-refractivity contribution in [3.63, 3.8) is 0 Å². The van der Waals surface area contributed by atoms with Crippen molar-refractivity contribution in [1.82, 2.24) is 4.90 Å². The molecule has 0 spiro atoms. The lowest BCUT2D eigenvalue weighted by Crippen LogP contribution is -2.37. The molecule has 0 unspecified atom stereocenters. The van der Waals surface area contributed by atoms with E-state index in [-0.39, 0.29) is 11.8 Å². The van der Waals surface area contributed by atoms with Gasteiger partial charge >= 0.3 is 6.09 Å². The normalized spacial score (nSPS) is 15.9. The van der Waals surface area contributed by atoms with E-state index < -0.39 is 5.82 Å². The third-order valence-corrected chi connectivity index (χ3v) is 2.62. The van der Waals surface area contributed by atoms with Gasteiger partial charge in [0.15, 0.2) is 0 Å². The van der Waals surface area contributed by atoms with E-state index in [1.807, 2.05) is 0 Å². The lowest BCUT2D eigenvalue weighted by atomic mass is 10.1. The predicted molar refractivity (Wildman–Crippen MR) is 57.8 cm³/mol. The maximum atomic E-state index is 12.9. The molecule has 0 bridgehead atoms. The molecule has 1 heterocycles. The van der Waals surface area contributed by atoms with Crippen molar-refractivity contribution in [3.05, 3.63) is 30.1 Å². The number of hydrogen-bond donors (Lipinski definition) is 0. The number of carbonyl (C=O) groups excluding carboxylic acids is 1. The van der Waals surface area contributed by atoms with E-state index in [2.05, 4.69) is 0 Å². The molecule has 0 saturated carbocycles. The topological polar surface area (TPSA) is 29.5 Å². The molecule has 0 N–H and O–H groups in total. The molecule has 0 aromatic heterocycles. The number of benzene rings is 1. The summed E-state index contributed by atoms with van der Waals surface area (Å²) in [6, 6.07) is 5.62. The molecule has 4 heteroatoms. The van der Waals surface area contributed by atoms with Crippen molar-refractivity contribution in [3.8, 4) is 5.75 Å². The van der Waals surface area contributed by atoms with Gasteiger partial charge in [-0.1, -0.05) is 6.07 Å². The highest BCUT2D eigenvalue weighted by Crippen LogP contribution is 2.15. The molecule has 1 fully saturated rings. The fourth-order valence-electron chi connectivity index (χ4n) is 1.77. The van der Waals surface area contributed by atoms with E-state index in [4.69, 9.17) is 4.74 Å². The first kappa shape index (κ1) is 10.9. The standard InChI is InChI=1S/C12H14FNO2/c13-10-5-4-6-11(9-10)16-12(15)14-7-2-1-3-8-14/h4-6,9H,1-3,7-8H2. The largest absolute Gasteiger partial charge is 0.415 e. The molecule has 0 aliphatic carbocycles. The number of halogens is 1. The molecule has 1 aliphatic rings. The molecule has 2 rings (SSSR count). The van der Waals surface area contributed by atoms with E-state index in [0.717, 1.165) is 32.4 Å². The Kier molecular flexibility index (Phi) is 3.39. The Bertz CT molecular complexity index is 375. The number of hydrogen-bond acceptors (Lipinski definition) is 2. The summed E-state index contributed by atoms with van der Waals surface area (Å²) < 4.78 is 17.9. The van der Waals surface area contributed by atoms with Gasteiger partial charge in [0.05, 0.1) is 0 Å². The van der Waals surface area contributed by atoms with Crippen LogP contribution in [-0.4, -0.2) is 24.1 Å². The first-order chi connectivity index (χ1) is 7.75. The van der Waals surface area contributed by atoms with Crippen molar-refractivity contribution in [2.45, 2.75) is 19.3 Å². The van der Waals surface area contributed by atoms with Crippen LogP contribution in [0.15, 0.2) is 24.3 Å². The smallest absolute Gasteiger partial charge is 0.410 e. The van der Waals surface area contributed by atoms with Gasteiger partial charge in [0.25, 0.3) is 0 Å². The zero-order valence-electron chi connectivity index (χ0n) is 8.99. The Morgan fingerprint density at radius 1 is 1.25 bits per heavy atom. The number of ether oxygens (including phenoxy) is 1. The molecule has 86 valence electrons. The average molecular weight is 223 g/mol. The van der Waals surface area contributed by atoms with Crippen LogP contribution in [-0.2, 0) is 0 Å². The second-order valence-corrected chi connectivity index (χ2v) is 3.87. The van der Waals surface area contributed by atoms with E-state index >= 15 is 0 Å². The summed E-state index contributed by atoms with van der Waals surface area (Å²) in [6.45, 7) is 1.46. The Labute approximate surface area is 93.8 Å². The number of rotatable bonds is 1. The summed E-state index contributed by atoms with van der Waals surface area (Å²) in [5, 5.41) is 0. The molecule has 3 nitrogen and oxygen atoms in total. The van der Waals surface area contributed by atoms with Gasteiger partial charge in [0, 0.05) is 19.2 Å². The third kappa shape index (κ3) is 2.72. The molecule has 16 heavy (non-hydrogen) atoms. The van der Waals surface area contributed by atoms with Gasteiger partial charge in [-0.2, -0.15) is 0 Å². The van der Waals surface area contributed by atoms with Crippen LogP contribution in [0.1, 0.15) is 19.3 Å². The first-order valence-corrected chi connectivity index (χ1v) is 5.48. The second kappa shape index (κ2) is 4.96. The molecule has 1 aromatic rings. The minimum Gasteiger partial charge on any atom is -0.410 e. The van der Waals surface area contributed by atoms with Crippen LogP contribution in [0.3, 0.4) is 0 Å². The van der Waals surface area contributed by atoms with Gasteiger partial charge in [0.2, 0.25) is 0 Å². The fraction of sp³-hybridized carbons (Fsp3) is 0.417. The molecule has 1 amide bonds. The second-order valence-electron chi connectivity index (χ2n) is 3.87. The van der Waals surface area contributed by atoms with Crippen LogP contribution in [0.25, 0.3) is 0 Å². The number of amides is 1. The summed E-state index contributed by atoms with van der Waals surface area (Å²) in [6.07, 6.45) is 2.80. The van der Waals surface area contributed by atoms with Gasteiger partial charge < -0.3 is 9.64 Å².